The smallest absolute Gasteiger partial charge is 0.287 e. The first kappa shape index (κ1) is 16.0. The molecule has 25 heavy (non-hydrogen) atoms. The van der Waals surface area contributed by atoms with E-state index < -0.39 is 5.82 Å². The molecular formula is C18H13FN2O2S2. The molecule has 0 fully saturated rings. The van der Waals surface area contributed by atoms with Crippen LogP contribution in [0.1, 0.15) is 21.8 Å². The van der Waals surface area contributed by atoms with Crippen molar-refractivity contribution >= 4 is 39.5 Å². The van der Waals surface area contributed by atoms with Gasteiger partial charge in [0.15, 0.2) is 17.2 Å². The number of para-hydroxylation sites is 1. The Hall–Kier alpha value is -2.51. The van der Waals surface area contributed by atoms with Crippen molar-refractivity contribution in [1.29, 1.82) is 0 Å². The molecule has 3 aromatic heterocycles. The summed E-state index contributed by atoms with van der Waals surface area (Å²) in [6, 6.07) is 8.64. The molecule has 0 bridgehead atoms. The number of nitrogens with one attached hydrogen (secondary N) is 1. The molecule has 4 rings (SSSR count). The number of thiazole rings is 1. The lowest BCUT2D eigenvalue weighted by atomic mass is 10.1. The highest BCUT2D eigenvalue weighted by molar-refractivity contribution is 7.20. The van der Waals surface area contributed by atoms with Gasteiger partial charge in [0, 0.05) is 16.3 Å². The quantitative estimate of drug-likeness (QED) is 0.549. The lowest BCUT2D eigenvalue weighted by Gasteiger charge is -2.01. The van der Waals surface area contributed by atoms with E-state index in [-0.39, 0.29) is 17.3 Å². The standard InChI is InChI=1S/C18H13FN2O2S2/c1-10-12-4-2-5-13(19)16(12)23-15(10)17(22)20-8-11-9-25-18(21-11)14-6-3-7-24-14/h2-7,9H,8H2,1H3,(H,20,22). The Balaban J connectivity index is 1.51. The maximum absolute atomic E-state index is 13.8. The van der Waals surface area contributed by atoms with Crippen LogP contribution in [0, 0.1) is 12.7 Å². The van der Waals surface area contributed by atoms with Gasteiger partial charge in [-0.15, -0.1) is 22.7 Å². The van der Waals surface area contributed by atoms with Gasteiger partial charge in [-0.3, -0.25) is 4.79 Å². The van der Waals surface area contributed by atoms with Crippen molar-refractivity contribution < 1.29 is 13.6 Å². The second kappa shape index (κ2) is 6.42. The number of halogens is 1. The third-order valence-electron chi connectivity index (χ3n) is 3.84. The predicted molar refractivity (Wildman–Crippen MR) is 97.5 cm³/mol. The maximum Gasteiger partial charge on any atom is 0.287 e. The summed E-state index contributed by atoms with van der Waals surface area (Å²) in [7, 11) is 0. The number of thiophene rings is 1. The van der Waals surface area contributed by atoms with Crippen LogP contribution in [-0.2, 0) is 6.54 Å². The van der Waals surface area contributed by atoms with E-state index in [0.717, 1.165) is 15.6 Å². The van der Waals surface area contributed by atoms with E-state index >= 15 is 0 Å². The number of furan rings is 1. The summed E-state index contributed by atoms with van der Waals surface area (Å²) < 4.78 is 19.2. The van der Waals surface area contributed by atoms with Crippen LogP contribution < -0.4 is 5.32 Å². The summed E-state index contributed by atoms with van der Waals surface area (Å²) in [5.41, 5.74) is 1.52. The number of amides is 1. The molecule has 126 valence electrons. The number of benzene rings is 1. The first-order valence-corrected chi connectivity index (χ1v) is 9.33. The van der Waals surface area contributed by atoms with E-state index in [2.05, 4.69) is 10.3 Å². The van der Waals surface area contributed by atoms with Crippen LogP contribution >= 0.6 is 22.7 Å². The average Bonchev–Trinajstić information content (AvgIpc) is 3.33. The van der Waals surface area contributed by atoms with Crippen LogP contribution in [0.3, 0.4) is 0 Å². The number of hydrogen-bond acceptors (Lipinski definition) is 5. The number of carbonyl (C=O) groups excluding carboxylic acids is 1. The first-order valence-electron chi connectivity index (χ1n) is 7.57. The number of rotatable bonds is 4. The molecule has 0 atom stereocenters. The van der Waals surface area contributed by atoms with Crippen molar-refractivity contribution in [2.75, 3.05) is 0 Å². The molecule has 1 amide bonds. The molecule has 1 N–H and O–H groups in total. The molecule has 0 unspecified atom stereocenters. The Morgan fingerprint density at radius 3 is 2.92 bits per heavy atom. The highest BCUT2D eigenvalue weighted by Gasteiger charge is 2.19. The van der Waals surface area contributed by atoms with Gasteiger partial charge in [0.25, 0.3) is 5.91 Å². The van der Waals surface area contributed by atoms with Crippen LogP contribution in [0.4, 0.5) is 4.39 Å². The van der Waals surface area contributed by atoms with Gasteiger partial charge in [0.2, 0.25) is 0 Å². The van der Waals surface area contributed by atoms with Crippen LogP contribution in [0.2, 0.25) is 0 Å². The van der Waals surface area contributed by atoms with Crippen molar-refractivity contribution in [1.82, 2.24) is 10.3 Å². The molecule has 7 heteroatoms. The Morgan fingerprint density at radius 2 is 2.16 bits per heavy atom. The van der Waals surface area contributed by atoms with E-state index in [1.54, 1.807) is 30.4 Å². The van der Waals surface area contributed by atoms with Crippen molar-refractivity contribution in [2.45, 2.75) is 13.5 Å². The summed E-state index contributed by atoms with van der Waals surface area (Å²) in [6.07, 6.45) is 0. The minimum Gasteiger partial charge on any atom is -0.448 e. The summed E-state index contributed by atoms with van der Waals surface area (Å²) in [5, 5.41) is 8.25. The molecule has 0 saturated heterocycles. The minimum absolute atomic E-state index is 0.110. The fraction of sp³-hybridized carbons (Fsp3) is 0.111. The molecule has 4 aromatic rings. The average molecular weight is 372 g/mol. The zero-order chi connectivity index (χ0) is 17.4. The molecule has 0 radical (unpaired) electrons. The first-order chi connectivity index (χ1) is 12.1. The van der Waals surface area contributed by atoms with Gasteiger partial charge in [-0.2, -0.15) is 0 Å². The molecule has 0 spiro atoms. The largest absolute Gasteiger partial charge is 0.448 e. The number of carbonyl (C=O) groups is 1. The monoisotopic (exact) mass is 372 g/mol. The van der Waals surface area contributed by atoms with Gasteiger partial charge >= 0.3 is 0 Å². The van der Waals surface area contributed by atoms with E-state index in [9.17, 15) is 9.18 Å². The van der Waals surface area contributed by atoms with Crippen molar-refractivity contribution in [3.05, 3.63) is 63.9 Å². The van der Waals surface area contributed by atoms with Gasteiger partial charge in [-0.05, 0) is 24.4 Å². The molecular weight excluding hydrogens is 359 g/mol. The van der Waals surface area contributed by atoms with Gasteiger partial charge < -0.3 is 9.73 Å². The highest BCUT2D eigenvalue weighted by Crippen LogP contribution is 2.29. The van der Waals surface area contributed by atoms with Crippen molar-refractivity contribution in [3.8, 4) is 9.88 Å². The number of nitrogens with zero attached hydrogens (tertiary/aromatic N) is 1. The van der Waals surface area contributed by atoms with E-state index in [1.807, 2.05) is 22.9 Å². The van der Waals surface area contributed by atoms with Crippen LogP contribution in [-0.4, -0.2) is 10.9 Å². The number of fused-ring (bicyclic) bond motifs is 1. The third kappa shape index (κ3) is 2.96. The van der Waals surface area contributed by atoms with Gasteiger partial charge in [-0.1, -0.05) is 18.2 Å². The predicted octanol–water partition coefficient (Wildman–Crippen LogP) is 5.00. The molecule has 0 saturated carbocycles. The van der Waals surface area contributed by atoms with E-state index in [1.165, 1.54) is 17.4 Å². The number of hydrogen-bond donors (Lipinski definition) is 1. The van der Waals surface area contributed by atoms with Crippen molar-refractivity contribution in [3.63, 3.8) is 0 Å². The summed E-state index contributed by atoms with van der Waals surface area (Å²) in [6.45, 7) is 2.04. The summed E-state index contributed by atoms with van der Waals surface area (Å²) in [4.78, 5) is 18.0. The fourth-order valence-electron chi connectivity index (χ4n) is 2.58. The molecule has 4 nitrogen and oxygen atoms in total. The number of aromatic nitrogens is 1. The Morgan fingerprint density at radius 1 is 1.28 bits per heavy atom. The Labute approximate surface area is 150 Å². The Bertz CT molecular complexity index is 1050. The minimum atomic E-state index is -0.472. The summed E-state index contributed by atoms with van der Waals surface area (Å²) in [5.74, 6) is -0.715. The van der Waals surface area contributed by atoms with E-state index in [4.69, 9.17) is 4.42 Å². The SMILES string of the molecule is Cc1c(C(=O)NCc2csc(-c3cccs3)n2)oc2c(F)cccc12. The van der Waals surface area contributed by atoms with E-state index in [0.29, 0.717) is 17.5 Å². The van der Waals surface area contributed by atoms with Gasteiger partial charge in [0.05, 0.1) is 17.1 Å². The molecule has 1 aromatic carbocycles. The molecule has 0 aliphatic rings. The maximum atomic E-state index is 13.8. The van der Waals surface area contributed by atoms with Crippen LogP contribution in [0.15, 0.2) is 45.5 Å². The van der Waals surface area contributed by atoms with Gasteiger partial charge in [0.1, 0.15) is 5.01 Å². The molecule has 0 aliphatic heterocycles. The lowest BCUT2D eigenvalue weighted by Crippen LogP contribution is -2.23. The second-order valence-corrected chi connectivity index (χ2v) is 7.28. The Kier molecular flexibility index (Phi) is 4.10. The zero-order valence-corrected chi connectivity index (χ0v) is 14.8. The number of aryl methyl sites for hydroxylation is 1. The van der Waals surface area contributed by atoms with Crippen LogP contribution in [0.25, 0.3) is 20.9 Å². The normalized spacial score (nSPS) is 11.1. The summed E-state index contributed by atoms with van der Waals surface area (Å²) >= 11 is 3.16. The topological polar surface area (TPSA) is 55.1 Å². The third-order valence-corrected chi connectivity index (χ3v) is 5.77. The van der Waals surface area contributed by atoms with Crippen molar-refractivity contribution in [2.24, 2.45) is 0 Å². The molecule has 3 heterocycles. The molecule has 0 aliphatic carbocycles. The van der Waals surface area contributed by atoms with Crippen LogP contribution in [0.5, 0.6) is 0 Å². The fourth-order valence-corrected chi connectivity index (χ4v) is 4.21. The van der Waals surface area contributed by atoms with Gasteiger partial charge in [-0.25, -0.2) is 9.37 Å². The lowest BCUT2D eigenvalue weighted by molar-refractivity contribution is 0.0924. The zero-order valence-electron chi connectivity index (χ0n) is 13.2. The second-order valence-electron chi connectivity index (χ2n) is 5.48. The highest BCUT2D eigenvalue weighted by atomic mass is 32.1.